The fraction of sp³-hybridized carbons (Fsp3) is 0.800. The molecule has 1 heterocycles. The molecule has 1 saturated heterocycles. The van der Waals surface area contributed by atoms with Gasteiger partial charge in [-0.1, -0.05) is 40.5 Å². The van der Waals surface area contributed by atoms with Gasteiger partial charge in [0.15, 0.2) is 0 Å². The normalized spacial score (nSPS) is 17.9. The number of carbonyl (C=O) groups excluding carboxylic acids is 4. The molecule has 4 amide bonds. The highest BCUT2D eigenvalue weighted by atomic mass is 16.5. The van der Waals surface area contributed by atoms with Gasteiger partial charge in [-0.25, -0.2) is 19.2 Å². The molecule has 2 N–H and O–H groups in total. The molecule has 10 heteroatoms. The Morgan fingerprint density at radius 2 is 1.03 bits per heavy atom. The fourth-order valence-electron chi connectivity index (χ4n) is 3.15. The lowest BCUT2D eigenvalue weighted by atomic mass is 9.99. The van der Waals surface area contributed by atoms with E-state index >= 15 is 0 Å². The number of hydrogen-bond acceptors (Lipinski definition) is 6. The number of carbonyl (C=O) groups is 4. The quantitative estimate of drug-likeness (QED) is 0.561. The second-order valence-electron chi connectivity index (χ2n) is 7.65. The SMILES string of the molecule is CC[C@@H](C)[C@H](NC(=O)N1CCN(C(=O)N[C@H](C(=O)OC)[C@@H](C)CC)CC1)C(=O)OC. The summed E-state index contributed by atoms with van der Waals surface area (Å²) in [6.45, 7) is 8.90. The van der Waals surface area contributed by atoms with Crippen LogP contribution in [-0.4, -0.2) is 86.3 Å². The van der Waals surface area contributed by atoms with E-state index in [9.17, 15) is 19.2 Å². The van der Waals surface area contributed by atoms with E-state index in [0.717, 1.165) is 0 Å². The van der Waals surface area contributed by atoms with E-state index in [0.29, 0.717) is 39.0 Å². The number of nitrogens with one attached hydrogen (secondary N) is 2. The number of rotatable bonds is 8. The Labute approximate surface area is 178 Å². The zero-order valence-electron chi connectivity index (χ0n) is 18.9. The lowest BCUT2D eigenvalue weighted by Crippen LogP contribution is -2.59. The van der Waals surface area contributed by atoms with E-state index in [4.69, 9.17) is 9.47 Å². The molecule has 172 valence electrons. The molecule has 0 radical (unpaired) electrons. The van der Waals surface area contributed by atoms with Gasteiger partial charge in [0.05, 0.1) is 14.2 Å². The molecule has 0 aromatic rings. The van der Waals surface area contributed by atoms with Crippen LogP contribution in [0.25, 0.3) is 0 Å². The highest BCUT2D eigenvalue weighted by molar-refractivity contribution is 5.85. The van der Waals surface area contributed by atoms with Crippen molar-refractivity contribution in [3.8, 4) is 0 Å². The number of hydrogen-bond donors (Lipinski definition) is 2. The number of piperazine rings is 1. The predicted octanol–water partition coefficient (Wildman–Crippen LogP) is 1.20. The molecule has 0 unspecified atom stereocenters. The summed E-state index contributed by atoms with van der Waals surface area (Å²) in [6, 6.07) is -2.16. The van der Waals surface area contributed by atoms with Gasteiger partial charge in [-0.2, -0.15) is 0 Å². The van der Waals surface area contributed by atoms with Gasteiger partial charge in [0.1, 0.15) is 12.1 Å². The third kappa shape index (κ3) is 6.77. The second-order valence-corrected chi connectivity index (χ2v) is 7.65. The fourth-order valence-corrected chi connectivity index (χ4v) is 3.15. The smallest absolute Gasteiger partial charge is 0.328 e. The van der Waals surface area contributed by atoms with Gasteiger partial charge < -0.3 is 29.9 Å². The lowest BCUT2D eigenvalue weighted by Gasteiger charge is -2.36. The van der Waals surface area contributed by atoms with Crippen LogP contribution in [0.1, 0.15) is 40.5 Å². The number of urea groups is 2. The molecule has 4 atom stereocenters. The first-order valence-corrected chi connectivity index (χ1v) is 10.5. The van der Waals surface area contributed by atoms with Crippen molar-refractivity contribution in [3.63, 3.8) is 0 Å². The second kappa shape index (κ2) is 12.2. The van der Waals surface area contributed by atoms with E-state index in [1.165, 1.54) is 14.2 Å². The van der Waals surface area contributed by atoms with E-state index in [1.807, 2.05) is 27.7 Å². The van der Waals surface area contributed by atoms with E-state index in [2.05, 4.69) is 10.6 Å². The molecular weight excluding hydrogens is 392 g/mol. The summed E-state index contributed by atoms with van der Waals surface area (Å²) in [5.41, 5.74) is 0. The van der Waals surface area contributed by atoms with Crippen LogP contribution in [0.3, 0.4) is 0 Å². The number of ether oxygens (including phenoxy) is 2. The maximum Gasteiger partial charge on any atom is 0.328 e. The maximum atomic E-state index is 12.6. The molecule has 1 aliphatic rings. The summed E-state index contributed by atoms with van der Waals surface area (Å²) in [4.78, 5) is 52.3. The first-order valence-electron chi connectivity index (χ1n) is 10.5. The third-order valence-electron chi connectivity index (χ3n) is 5.75. The average molecular weight is 429 g/mol. The van der Waals surface area contributed by atoms with Crippen molar-refractivity contribution in [2.75, 3.05) is 40.4 Å². The van der Waals surface area contributed by atoms with Gasteiger partial charge in [0.25, 0.3) is 0 Å². The van der Waals surface area contributed by atoms with Crippen molar-refractivity contribution in [1.82, 2.24) is 20.4 Å². The summed E-state index contributed by atoms with van der Waals surface area (Å²) in [6.07, 6.45) is 1.43. The summed E-state index contributed by atoms with van der Waals surface area (Å²) in [5, 5.41) is 5.48. The molecule has 0 spiro atoms. The molecule has 1 fully saturated rings. The number of esters is 2. The first kappa shape index (κ1) is 25.5. The molecule has 10 nitrogen and oxygen atoms in total. The number of amides is 4. The van der Waals surface area contributed by atoms with Crippen molar-refractivity contribution in [2.24, 2.45) is 11.8 Å². The topological polar surface area (TPSA) is 117 Å². The Morgan fingerprint density at radius 3 is 1.27 bits per heavy atom. The highest BCUT2D eigenvalue weighted by Crippen LogP contribution is 2.12. The van der Waals surface area contributed by atoms with Gasteiger partial charge in [-0.05, 0) is 11.8 Å². The zero-order valence-corrected chi connectivity index (χ0v) is 18.9. The minimum absolute atomic E-state index is 0.0655. The van der Waals surface area contributed by atoms with Gasteiger partial charge >= 0.3 is 24.0 Å². The number of methoxy groups -OCH3 is 2. The minimum Gasteiger partial charge on any atom is -0.467 e. The van der Waals surface area contributed by atoms with Gasteiger partial charge in [-0.15, -0.1) is 0 Å². The first-order chi connectivity index (χ1) is 14.2. The third-order valence-corrected chi connectivity index (χ3v) is 5.75. The standard InChI is InChI=1S/C20H36N4O6/c1-7-13(3)15(17(25)29-5)21-19(27)23-9-11-24(12-10-23)20(28)22-16(14(4)8-2)18(26)30-6/h13-16H,7-12H2,1-6H3,(H,21,27)(H,22,28)/t13-,14+,15-,16-/m0/s1. The van der Waals surface area contributed by atoms with Crippen LogP contribution in [0, 0.1) is 11.8 Å². The molecule has 1 rings (SSSR count). The number of nitrogens with zero attached hydrogens (tertiary/aromatic N) is 2. The predicted molar refractivity (Wildman–Crippen MR) is 111 cm³/mol. The van der Waals surface area contributed by atoms with Crippen molar-refractivity contribution in [2.45, 2.75) is 52.6 Å². The Hall–Kier alpha value is -2.52. The van der Waals surface area contributed by atoms with Crippen LogP contribution >= 0.6 is 0 Å². The van der Waals surface area contributed by atoms with Crippen LogP contribution in [-0.2, 0) is 19.1 Å². The van der Waals surface area contributed by atoms with Crippen LogP contribution < -0.4 is 10.6 Å². The Balaban J connectivity index is 2.64. The minimum atomic E-state index is -0.717. The molecule has 0 aromatic carbocycles. The maximum absolute atomic E-state index is 12.6. The summed E-state index contributed by atoms with van der Waals surface area (Å²) >= 11 is 0. The van der Waals surface area contributed by atoms with Crippen molar-refractivity contribution < 1.29 is 28.7 Å². The molecule has 30 heavy (non-hydrogen) atoms. The van der Waals surface area contributed by atoms with Gasteiger partial charge in [0.2, 0.25) is 0 Å². The van der Waals surface area contributed by atoms with Crippen LogP contribution in [0.5, 0.6) is 0 Å². The van der Waals surface area contributed by atoms with Gasteiger partial charge in [-0.3, -0.25) is 0 Å². The van der Waals surface area contributed by atoms with Gasteiger partial charge in [0, 0.05) is 26.2 Å². The summed E-state index contributed by atoms with van der Waals surface area (Å²) < 4.78 is 9.59. The molecule has 0 saturated carbocycles. The molecule has 0 aromatic heterocycles. The van der Waals surface area contributed by atoms with Crippen LogP contribution in [0.2, 0.25) is 0 Å². The Kier molecular flexibility index (Phi) is 10.4. The van der Waals surface area contributed by atoms with Crippen LogP contribution in [0.4, 0.5) is 9.59 Å². The summed E-state index contributed by atoms with van der Waals surface area (Å²) in [7, 11) is 2.59. The zero-order chi connectivity index (χ0) is 22.8. The monoisotopic (exact) mass is 428 g/mol. The Morgan fingerprint density at radius 1 is 0.733 bits per heavy atom. The van der Waals surface area contributed by atoms with Crippen molar-refractivity contribution in [3.05, 3.63) is 0 Å². The molecule has 0 bridgehead atoms. The molecule has 0 aliphatic carbocycles. The molecule has 1 aliphatic heterocycles. The van der Waals surface area contributed by atoms with E-state index in [-0.39, 0.29) is 23.9 Å². The largest absolute Gasteiger partial charge is 0.467 e. The Bertz CT molecular complexity index is 554. The van der Waals surface area contributed by atoms with E-state index in [1.54, 1.807) is 9.80 Å². The molecular formula is C20H36N4O6. The van der Waals surface area contributed by atoms with E-state index < -0.39 is 24.0 Å². The van der Waals surface area contributed by atoms with Crippen molar-refractivity contribution in [1.29, 1.82) is 0 Å². The van der Waals surface area contributed by atoms with Crippen molar-refractivity contribution >= 4 is 24.0 Å². The highest BCUT2D eigenvalue weighted by Gasteiger charge is 2.32. The average Bonchev–Trinajstić information content (AvgIpc) is 2.78. The lowest BCUT2D eigenvalue weighted by molar-refractivity contribution is -0.145. The van der Waals surface area contributed by atoms with Crippen LogP contribution in [0.15, 0.2) is 0 Å². The summed E-state index contributed by atoms with van der Waals surface area (Å²) in [5.74, 6) is -1.09.